The van der Waals surface area contributed by atoms with E-state index in [1.54, 1.807) is 36.8 Å². The number of aryl methyl sites for hydroxylation is 2. The van der Waals surface area contributed by atoms with Gasteiger partial charge in [-0.15, -0.1) is 11.3 Å². The number of hydrogen-bond donors (Lipinski definition) is 3. The molecule has 1 amide bonds. The zero-order valence-electron chi connectivity index (χ0n) is 19.7. The van der Waals surface area contributed by atoms with Crippen molar-refractivity contribution in [1.29, 1.82) is 5.41 Å². The predicted octanol–water partition coefficient (Wildman–Crippen LogP) is 3.63. The summed E-state index contributed by atoms with van der Waals surface area (Å²) in [6.07, 6.45) is 8.42. The van der Waals surface area contributed by atoms with Crippen molar-refractivity contribution in [3.05, 3.63) is 40.5 Å². The van der Waals surface area contributed by atoms with Gasteiger partial charge in [-0.3, -0.25) is 4.79 Å². The molecule has 1 aromatic carbocycles. The third kappa shape index (κ3) is 6.49. The lowest BCUT2D eigenvalue weighted by molar-refractivity contribution is -0.119. The molecule has 2 aromatic heterocycles. The summed E-state index contributed by atoms with van der Waals surface area (Å²) in [7, 11) is 3.22. The highest BCUT2D eigenvalue weighted by Gasteiger charge is 2.20. The summed E-state index contributed by atoms with van der Waals surface area (Å²) in [6, 6.07) is 5.59. The molecule has 0 atom stereocenters. The van der Waals surface area contributed by atoms with Crippen molar-refractivity contribution in [2.24, 2.45) is 0 Å². The Labute approximate surface area is 203 Å². The maximum absolute atomic E-state index is 10.3. The monoisotopic (exact) mass is 484 g/mol. The fraction of sp³-hybridized carbons (Fsp3) is 0.417. The number of hydrogen-bond acceptors (Lipinski definition) is 9. The normalized spacial score (nSPS) is 12.4. The van der Waals surface area contributed by atoms with Gasteiger partial charge in [-0.1, -0.05) is 0 Å². The van der Waals surface area contributed by atoms with E-state index in [4.69, 9.17) is 20.6 Å². The molecular weight excluding hydrogens is 452 g/mol. The number of rotatable bonds is 10. The van der Waals surface area contributed by atoms with Crippen LogP contribution in [0.1, 0.15) is 28.8 Å². The number of benzene rings is 1. The third-order valence-corrected chi connectivity index (χ3v) is 6.77. The third-order valence-electron chi connectivity index (χ3n) is 5.57. The predicted molar refractivity (Wildman–Crippen MR) is 137 cm³/mol. The Bertz CT molecular complexity index is 1100. The topological polar surface area (TPSA) is 126 Å². The van der Waals surface area contributed by atoms with Crippen molar-refractivity contribution in [2.75, 3.05) is 51.6 Å². The zero-order valence-corrected chi connectivity index (χ0v) is 20.5. The van der Waals surface area contributed by atoms with E-state index in [-0.39, 0.29) is 0 Å². The van der Waals surface area contributed by atoms with Crippen molar-refractivity contribution in [3.63, 3.8) is 0 Å². The van der Waals surface area contributed by atoms with E-state index in [1.165, 1.54) is 29.5 Å². The number of nitrogens with two attached hydrogens (primary N) is 1. The van der Waals surface area contributed by atoms with Crippen LogP contribution < -0.4 is 11.1 Å². The number of carbonyl (C=O) groups excluding carboxylic acids is 1. The zero-order chi connectivity index (χ0) is 24.3. The van der Waals surface area contributed by atoms with Crippen LogP contribution in [0.5, 0.6) is 0 Å². The molecule has 0 saturated heterocycles. The van der Waals surface area contributed by atoms with Crippen LogP contribution in [0.2, 0.25) is 0 Å². The number of aromatic nitrogens is 2. The Balaban J connectivity index is 0.000000252. The van der Waals surface area contributed by atoms with Crippen molar-refractivity contribution in [1.82, 2.24) is 14.9 Å². The number of ether oxygens (including phenoxy) is 2. The average Bonchev–Trinajstić information content (AvgIpc) is 3.25. The highest BCUT2D eigenvalue weighted by atomic mass is 32.1. The highest BCUT2D eigenvalue weighted by molar-refractivity contribution is 7.19. The number of fused-ring (bicyclic) bond motifs is 3. The molecule has 0 aliphatic heterocycles. The van der Waals surface area contributed by atoms with E-state index in [2.05, 4.69) is 15.3 Å². The Morgan fingerprint density at radius 3 is 2.59 bits per heavy atom. The van der Waals surface area contributed by atoms with Crippen LogP contribution >= 0.6 is 11.3 Å². The van der Waals surface area contributed by atoms with E-state index >= 15 is 0 Å². The molecule has 0 unspecified atom stereocenters. The lowest BCUT2D eigenvalue weighted by atomic mass is 9.97. The second-order valence-electron chi connectivity index (χ2n) is 7.85. The average molecular weight is 485 g/mol. The van der Waals surface area contributed by atoms with Crippen LogP contribution in [0.3, 0.4) is 0 Å². The first-order valence-corrected chi connectivity index (χ1v) is 12.0. The lowest BCUT2D eigenvalue weighted by Crippen LogP contribution is -2.29. The molecule has 9 nitrogen and oxygen atoms in total. The molecule has 0 saturated carbocycles. The Morgan fingerprint density at radius 2 is 1.91 bits per heavy atom. The van der Waals surface area contributed by atoms with Gasteiger partial charge in [0.25, 0.3) is 0 Å². The van der Waals surface area contributed by atoms with Crippen molar-refractivity contribution in [3.8, 4) is 0 Å². The maximum atomic E-state index is 10.3. The smallest absolute Gasteiger partial charge is 0.209 e. The summed E-state index contributed by atoms with van der Waals surface area (Å²) in [5.74, 6) is 0.843. The van der Waals surface area contributed by atoms with E-state index in [0.717, 1.165) is 41.0 Å². The van der Waals surface area contributed by atoms with Gasteiger partial charge in [-0.25, -0.2) is 9.97 Å². The van der Waals surface area contributed by atoms with E-state index in [1.807, 2.05) is 18.2 Å². The van der Waals surface area contributed by atoms with Gasteiger partial charge in [0.15, 0.2) is 0 Å². The van der Waals surface area contributed by atoms with E-state index in [9.17, 15) is 4.79 Å². The lowest BCUT2D eigenvalue weighted by Gasteiger charge is -2.15. The molecule has 0 radical (unpaired) electrons. The summed E-state index contributed by atoms with van der Waals surface area (Å²) in [5.41, 5.74) is 9.45. The van der Waals surface area contributed by atoms with Crippen molar-refractivity contribution >= 4 is 51.4 Å². The minimum Gasteiger partial charge on any atom is -0.398 e. The van der Waals surface area contributed by atoms with Gasteiger partial charge in [0.05, 0.1) is 18.6 Å². The second kappa shape index (κ2) is 13.0. The molecule has 0 fully saturated rings. The summed E-state index contributed by atoms with van der Waals surface area (Å²) >= 11 is 1.79. The minimum absolute atomic E-state index is 0.572. The van der Waals surface area contributed by atoms with Gasteiger partial charge in [0, 0.05) is 55.3 Å². The molecule has 182 valence electrons. The number of nitrogens with zero attached hydrogens (tertiary/aromatic N) is 3. The molecular formula is C24H32N6O3S. The molecule has 0 bridgehead atoms. The van der Waals surface area contributed by atoms with Crippen LogP contribution in [0.25, 0.3) is 10.2 Å². The fourth-order valence-electron chi connectivity index (χ4n) is 3.73. The van der Waals surface area contributed by atoms with Crippen LogP contribution in [-0.2, 0) is 27.1 Å². The van der Waals surface area contributed by atoms with Gasteiger partial charge in [-0.2, -0.15) is 0 Å². The maximum Gasteiger partial charge on any atom is 0.209 e. The molecule has 4 rings (SSSR count). The highest BCUT2D eigenvalue weighted by Crippen LogP contribution is 2.38. The van der Waals surface area contributed by atoms with Crippen molar-refractivity contribution < 1.29 is 14.3 Å². The first-order valence-electron chi connectivity index (χ1n) is 11.2. The SMILES string of the molecule is COCCN(C=O)CCOC.N=Cc1cc(Nc2ncnc3sc4c(c23)CCCC4)ccc1N. The summed E-state index contributed by atoms with van der Waals surface area (Å²) in [5, 5.41) is 12.0. The Kier molecular flexibility index (Phi) is 9.75. The number of nitrogen functional groups attached to an aromatic ring is 1. The number of anilines is 3. The standard InChI is InChI=1S/C17H17N5S.C7H15NO3/c18-8-10-7-11(5-6-13(10)19)22-16-15-12-3-1-2-4-14(12)23-17(15)21-9-20-16;1-10-5-3-8(7-9)4-6-11-2/h5-9,18H,1-4,19H2,(H,20,21,22);7H,3-6H2,1-2H3. The number of methoxy groups -OCH3 is 2. The molecule has 34 heavy (non-hydrogen) atoms. The molecule has 1 aliphatic rings. The summed E-state index contributed by atoms with van der Waals surface area (Å²) < 4.78 is 9.63. The second-order valence-corrected chi connectivity index (χ2v) is 8.94. The van der Waals surface area contributed by atoms with E-state index < -0.39 is 0 Å². The molecule has 0 spiro atoms. The van der Waals surface area contributed by atoms with Crippen LogP contribution in [-0.4, -0.2) is 68.0 Å². The summed E-state index contributed by atoms with van der Waals surface area (Å²) in [6.45, 7) is 2.40. The van der Waals surface area contributed by atoms with Gasteiger partial charge in [0.1, 0.15) is 17.0 Å². The number of carbonyl (C=O) groups is 1. The quantitative estimate of drug-likeness (QED) is 0.228. The molecule has 10 heteroatoms. The number of amides is 1. The van der Waals surface area contributed by atoms with Crippen molar-refractivity contribution in [2.45, 2.75) is 25.7 Å². The first kappa shape index (κ1) is 25.5. The van der Waals surface area contributed by atoms with Crippen LogP contribution in [0, 0.1) is 5.41 Å². The van der Waals surface area contributed by atoms with E-state index in [0.29, 0.717) is 37.6 Å². The summed E-state index contributed by atoms with van der Waals surface area (Å²) in [4.78, 5) is 23.4. The Hall–Kier alpha value is -3.08. The van der Waals surface area contributed by atoms with Gasteiger partial charge in [0.2, 0.25) is 6.41 Å². The van der Waals surface area contributed by atoms with Crippen LogP contribution in [0.15, 0.2) is 24.5 Å². The largest absolute Gasteiger partial charge is 0.398 e. The fourth-order valence-corrected chi connectivity index (χ4v) is 4.96. The number of nitrogens with one attached hydrogen (secondary N) is 2. The molecule has 4 N–H and O–H groups in total. The van der Waals surface area contributed by atoms with Gasteiger partial charge >= 0.3 is 0 Å². The minimum atomic E-state index is 0.572. The Morgan fingerprint density at radius 1 is 1.18 bits per heavy atom. The molecule has 2 heterocycles. The molecule has 1 aliphatic carbocycles. The van der Waals surface area contributed by atoms with Gasteiger partial charge in [-0.05, 0) is 49.4 Å². The van der Waals surface area contributed by atoms with Crippen LogP contribution in [0.4, 0.5) is 17.2 Å². The molecule has 3 aromatic rings. The van der Waals surface area contributed by atoms with Gasteiger partial charge < -0.3 is 30.8 Å². The first-order chi connectivity index (χ1) is 16.6. The number of thiophene rings is 1.